The molecular formula is C17H13NO. The average Bonchev–Trinajstić information content (AvgIpc) is 2.48. The predicted molar refractivity (Wildman–Crippen MR) is 76.8 cm³/mol. The van der Waals surface area contributed by atoms with Crippen LogP contribution in [0.5, 0.6) is 5.75 Å². The van der Waals surface area contributed by atoms with Crippen LogP contribution in [0.4, 0.5) is 0 Å². The van der Waals surface area contributed by atoms with Crippen molar-refractivity contribution >= 4 is 0 Å². The largest absolute Gasteiger partial charge is 0.508 e. The van der Waals surface area contributed by atoms with Crippen molar-refractivity contribution in [3.8, 4) is 28.1 Å². The Kier molecular flexibility index (Phi) is 2.99. The second-order valence-electron chi connectivity index (χ2n) is 4.35. The molecule has 2 nitrogen and oxygen atoms in total. The van der Waals surface area contributed by atoms with Gasteiger partial charge >= 0.3 is 0 Å². The maximum Gasteiger partial charge on any atom is 0.116 e. The molecule has 2 heteroatoms. The SMILES string of the molecule is Oc1cccc(-c2cc(-c3ccccc3)ccn2)c1. The summed E-state index contributed by atoms with van der Waals surface area (Å²) in [7, 11) is 0. The van der Waals surface area contributed by atoms with Gasteiger partial charge in [-0.25, -0.2) is 0 Å². The highest BCUT2D eigenvalue weighted by molar-refractivity contribution is 5.70. The normalized spacial score (nSPS) is 10.3. The molecule has 0 radical (unpaired) electrons. The van der Waals surface area contributed by atoms with E-state index in [-0.39, 0.29) is 5.75 Å². The molecule has 0 spiro atoms. The van der Waals surface area contributed by atoms with Crippen LogP contribution in [0.15, 0.2) is 72.9 Å². The second kappa shape index (κ2) is 4.94. The standard InChI is InChI=1S/C17H13NO/c19-16-8-4-7-15(11-16)17-12-14(9-10-18-17)13-5-2-1-3-6-13/h1-12,19H. The van der Waals surface area contributed by atoms with E-state index in [0.29, 0.717) is 0 Å². The molecule has 0 fully saturated rings. The first kappa shape index (κ1) is 11.5. The Hall–Kier alpha value is -2.61. The quantitative estimate of drug-likeness (QED) is 0.738. The summed E-state index contributed by atoms with van der Waals surface area (Å²) in [5.74, 6) is 0.254. The fraction of sp³-hybridized carbons (Fsp3) is 0. The van der Waals surface area contributed by atoms with E-state index >= 15 is 0 Å². The van der Waals surface area contributed by atoms with Gasteiger partial charge in [0.2, 0.25) is 0 Å². The number of nitrogens with zero attached hydrogens (tertiary/aromatic N) is 1. The van der Waals surface area contributed by atoms with E-state index in [1.54, 1.807) is 18.3 Å². The van der Waals surface area contributed by atoms with Crippen molar-refractivity contribution in [3.05, 3.63) is 72.9 Å². The van der Waals surface area contributed by atoms with Crippen LogP contribution in [0, 0.1) is 0 Å². The number of pyridine rings is 1. The molecule has 3 aromatic rings. The minimum absolute atomic E-state index is 0.254. The van der Waals surface area contributed by atoms with Crippen LogP contribution in [-0.4, -0.2) is 10.1 Å². The van der Waals surface area contributed by atoms with Gasteiger partial charge in [0.25, 0.3) is 0 Å². The zero-order chi connectivity index (χ0) is 13.1. The molecular weight excluding hydrogens is 234 g/mol. The molecule has 0 amide bonds. The van der Waals surface area contributed by atoms with Crippen LogP contribution in [-0.2, 0) is 0 Å². The monoisotopic (exact) mass is 247 g/mol. The molecule has 0 atom stereocenters. The Labute approximate surface area is 112 Å². The number of phenolic OH excluding ortho intramolecular Hbond substituents is 1. The van der Waals surface area contributed by atoms with E-state index in [1.807, 2.05) is 42.5 Å². The number of hydrogen-bond donors (Lipinski definition) is 1. The highest BCUT2D eigenvalue weighted by atomic mass is 16.3. The molecule has 92 valence electrons. The van der Waals surface area contributed by atoms with Gasteiger partial charge in [0.05, 0.1) is 5.69 Å². The van der Waals surface area contributed by atoms with Gasteiger partial charge in [-0.1, -0.05) is 42.5 Å². The molecule has 0 aliphatic rings. The fourth-order valence-electron chi connectivity index (χ4n) is 2.06. The van der Waals surface area contributed by atoms with Crippen LogP contribution >= 0.6 is 0 Å². The van der Waals surface area contributed by atoms with E-state index in [1.165, 1.54) is 0 Å². The van der Waals surface area contributed by atoms with Crippen molar-refractivity contribution in [1.82, 2.24) is 4.98 Å². The summed E-state index contributed by atoms with van der Waals surface area (Å²) in [6.45, 7) is 0. The lowest BCUT2D eigenvalue weighted by Gasteiger charge is -2.05. The van der Waals surface area contributed by atoms with Gasteiger partial charge in [-0.05, 0) is 35.4 Å². The van der Waals surface area contributed by atoms with Crippen LogP contribution in [0.25, 0.3) is 22.4 Å². The van der Waals surface area contributed by atoms with Crippen molar-refractivity contribution in [2.45, 2.75) is 0 Å². The summed E-state index contributed by atoms with van der Waals surface area (Å²) in [6, 6.07) is 21.3. The van der Waals surface area contributed by atoms with E-state index in [9.17, 15) is 5.11 Å². The van der Waals surface area contributed by atoms with Crippen LogP contribution in [0.1, 0.15) is 0 Å². The molecule has 1 N–H and O–H groups in total. The summed E-state index contributed by atoms with van der Waals surface area (Å²) >= 11 is 0. The molecule has 0 saturated carbocycles. The summed E-state index contributed by atoms with van der Waals surface area (Å²) in [6.07, 6.45) is 1.79. The van der Waals surface area contributed by atoms with E-state index in [2.05, 4.69) is 17.1 Å². The third kappa shape index (κ3) is 2.47. The van der Waals surface area contributed by atoms with Crippen molar-refractivity contribution in [2.24, 2.45) is 0 Å². The van der Waals surface area contributed by atoms with Gasteiger partial charge < -0.3 is 5.11 Å². The zero-order valence-corrected chi connectivity index (χ0v) is 10.3. The van der Waals surface area contributed by atoms with Gasteiger partial charge in [-0.3, -0.25) is 4.98 Å². The molecule has 3 rings (SSSR count). The summed E-state index contributed by atoms with van der Waals surface area (Å²) in [5.41, 5.74) is 4.05. The van der Waals surface area contributed by atoms with Crippen molar-refractivity contribution < 1.29 is 5.11 Å². The Morgan fingerprint density at radius 3 is 2.26 bits per heavy atom. The number of benzene rings is 2. The van der Waals surface area contributed by atoms with E-state index in [4.69, 9.17) is 0 Å². The summed E-state index contributed by atoms with van der Waals surface area (Å²) < 4.78 is 0. The molecule has 1 aromatic heterocycles. The van der Waals surface area contributed by atoms with Crippen molar-refractivity contribution in [2.75, 3.05) is 0 Å². The molecule has 0 aliphatic carbocycles. The van der Waals surface area contributed by atoms with Gasteiger partial charge in [-0.15, -0.1) is 0 Å². The number of hydrogen-bond acceptors (Lipinski definition) is 2. The maximum absolute atomic E-state index is 9.53. The lowest BCUT2D eigenvalue weighted by Crippen LogP contribution is -1.85. The van der Waals surface area contributed by atoms with Crippen molar-refractivity contribution in [1.29, 1.82) is 0 Å². The first-order chi connectivity index (χ1) is 9.33. The first-order valence-corrected chi connectivity index (χ1v) is 6.14. The molecule has 0 bridgehead atoms. The van der Waals surface area contributed by atoms with E-state index < -0.39 is 0 Å². The highest BCUT2D eigenvalue weighted by Crippen LogP contribution is 2.26. The lowest BCUT2D eigenvalue weighted by atomic mass is 10.0. The molecule has 19 heavy (non-hydrogen) atoms. The molecule has 2 aromatic carbocycles. The minimum atomic E-state index is 0.254. The van der Waals surface area contributed by atoms with Gasteiger partial charge in [0, 0.05) is 11.8 Å². The fourth-order valence-corrected chi connectivity index (χ4v) is 2.06. The minimum Gasteiger partial charge on any atom is -0.508 e. The number of aromatic nitrogens is 1. The third-order valence-electron chi connectivity index (χ3n) is 3.01. The Morgan fingerprint density at radius 2 is 1.47 bits per heavy atom. The Bertz CT molecular complexity index is 692. The second-order valence-corrected chi connectivity index (χ2v) is 4.35. The first-order valence-electron chi connectivity index (χ1n) is 6.14. The highest BCUT2D eigenvalue weighted by Gasteiger charge is 2.03. The third-order valence-corrected chi connectivity index (χ3v) is 3.01. The van der Waals surface area contributed by atoms with Crippen LogP contribution in [0.2, 0.25) is 0 Å². The van der Waals surface area contributed by atoms with Crippen LogP contribution in [0.3, 0.4) is 0 Å². The van der Waals surface area contributed by atoms with Gasteiger partial charge in [-0.2, -0.15) is 0 Å². The molecule has 0 saturated heterocycles. The smallest absolute Gasteiger partial charge is 0.116 e. The summed E-state index contributed by atoms with van der Waals surface area (Å²) in [4.78, 5) is 4.37. The maximum atomic E-state index is 9.53. The van der Waals surface area contributed by atoms with Gasteiger partial charge in [0.15, 0.2) is 0 Å². The average molecular weight is 247 g/mol. The van der Waals surface area contributed by atoms with Gasteiger partial charge in [0.1, 0.15) is 5.75 Å². The molecule has 1 heterocycles. The Morgan fingerprint density at radius 1 is 0.684 bits per heavy atom. The van der Waals surface area contributed by atoms with E-state index in [0.717, 1.165) is 22.4 Å². The number of rotatable bonds is 2. The van der Waals surface area contributed by atoms with Crippen molar-refractivity contribution in [3.63, 3.8) is 0 Å². The zero-order valence-electron chi connectivity index (χ0n) is 10.3. The lowest BCUT2D eigenvalue weighted by molar-refractivity contribution is 0.475. The number of aromatic hydroxyl groups is 1. The van der Waals surface area contributed by atoms with Crippen LogP contribution < -0.4 is 0 Å². The number of phenols is 1. The molecule has 0 unspecified atom stereocenters. The molecule has 0 aliphatic heterocycles. The Balaban J connectivity index is 2.06. The predicted octanol–water partition coefficient (Wildman–Crippen LogP) is 4.12. The topological polar surface area (TPSA) is 33.1 Å². The summed E-state index contributed by atoms with van der Waals surface area (Å²) in [5, 5.41) is 9.53.